The van der Waals surface area contributed by atoms with Gasteiger partial charge in [-0.3, -0.25) is 4.79 Å². The Morgan fingerprint density at radius 2 is 1.61 bits per heavy atom. The van der Waals surface area contributed by atoms with E-state index in [0.29, 0.717) is 13.1 Å². The second-order valence-corrected chi connectivity index (χ2v) is 6.20. The second kappa shape index (κ2) is 4.44. The number of piperazine rings is 1. The number of rotatable bonds is 0. The molecule has 0 spiro atoms. The van der Waals surface area contributed by atoms with Gasteiger partial charge in [0.15, 0.2) is 0 Å². The molecule has 0 radical (unpaired) electrons. The van der Waals surface area contributed by atoms with Gasteiger partial charge in [-0.2, -0.15) is 0 Å². The highest BCUT2D eigenvalue weighted by molar-refractivity contribution is 5.75. The molecule has 2 heterocycles. The molecule has 0 aromatic rings. The third-order valence-corrected chi connectivity index (χ3v) is 3.50. The van der Waals surface area contributed by atoms with E-state index in [4.69, 9.17) is 4.74 Å². The molecule has 0 aromatic carbocycles. The van der Waals surface area contributed by atoms with Crippen LogP contribution in [0.2, 0.25) is 0 Å². The number of amides is 2. The SMILES string of the molecule is CC(=O)N1C2CCC1CN(C(=O)OC(C)(C)C)C2. The van der Waals surface area contributed by atoms with E-state index in [9.17, 15) is 9.59 Å². The van der Waals surface area contributed by atoms with Gasteiger partial charge in [0.1, 0.15) is 5.60 Å². The van der Waals surface area contributed by atoms with Gasteiger partial charge in [0.05, 0.1) is 0 Å². The number of carbonyl (C=O) groups excluding carboxylic acids is 2. The number of ether oxygens (including phenoxy) is 1. The maximum atomic E-state index is 12.0. The van der Waals surface area contributed by atoms with E-state index < -0.39 is 5.60 Å². The molecular formula is C13H22N2O3. The molecule has 5 nitrogen and oxygen atoms in total. The average Bonchev–Trinajstić information content (AvgIpc) is 2.47. The predicted molar refractivity (Wildman–Crippen MR) is 67.1 cm³/mol. The minimum absolute atomic E-state index is 0.117. The van der Waals surface area contributed by atoms with Crippen molar-refractivity contribution in [3.05, 3.63) is 0 Å². The van der Waals surface area contributed by atoms with Crippen molar-refractivity contribution in [3.8, 4) is 0 Å². The Kier molecular flexibility index (Phi) is 3.25. The molecule has 2 amide bonds. The van der Waals surface area contributed by atoms with Crippen molar-refractivity contribution in [1.29, 1.82) is 0 Å². The fourth-order valence-corrected chi connectivity index (χ4v) is 2.89. The molecule has 0 aromatic heterocycles. The van der Waals surface area contributed by atoms with Crippen LogP contribution in [-0.4, -0.2) is 52.6 Å². The smallest absolute Gasteiger partial charge is 0.410 e. The lowest BCUT2D eigenvalue weighted by Gasteiger charge is -2.40. The molecule has 0 N–H and O–H groups in total. The van der Waals surface area contributed by atoms with Crippen LogP contribution in [0.3, 0.4) is 0 Å². The Bertz CT molecular complexity index is 348. The molecule has 0 saturated carbocycles. The zero-order valence-corrected chi connectivity index (χ0v) is 11.6. The van der Waals surface area contributed by atoms with E-state index in [0.717, 1.165) is 12.8 Å². The predicted octanol–water partition coefficient (Wildman–Crippen LogP) is 1.62. The van der Waals surface area contributed by atoms with Crippen molar-refractivity contribution in [1.82, 2.24) is 9.80 Å². The Morgan fingerprint density at radius 3 is 2.00 bits per heavy atom. The lowest BCUT2D eigenvalue weighted by atomic mass is 10.2. The summed E-state index contributed by atoms with van der Waals surface area (Å²) in [7, 11) is 0. The Balaban J connectivity index is 2.00. The average molecular weight is 254 g/mol. The van der Waals surface area contributed by atoms with Gasteiger partial charge < -0.3 is 14.5 Å². The van der Waals surface area contributed by atoms with Crippen LogP contribution in [0.4, 0.5) is 4.79 Å². The number of likely N-dealkylation sites (tertiary alicyclic amines) is 1. The molecule has 0 aliphatic carbocycles. The summed E-state index contributed by atoms with van der Waals surface area (Å²) in [5.74, 6) is 0.117. The third-order valence-electron chi connectivity index (χ3n) is 3.50. The van der Waals surface area contributed by atoms with Crippen molar-refractivity contribution >= 4 is 12.0 Å². The van der Waals surface area contributed by atoms with Crippen molar-refractivity contribution in [2.45, 2.75) is 58.2 Å². The Hall–Kier alpha value is -1.26. The first-order valence-electron chi connectivity index (χ1n) is 6.55. The minimum atomic E-state index is -0.464. The topological polar surface area (TPSA) is 49.9 Å². The highest BCUT2D eigenvalue weighted by Crippen LogP contribution is 2.30. The summed E-state index contributed by atoms with van der Waals surface area (Å²) in [5.41, 5.74) is -0.464. The summed E-state index contributed by atoms with van der Waals surface area (Å²) in [5, 5.41) is 0. The van der Waals surface area contributed by atoms with E-state index in [1.807, 2.05) is 25.7 Å². The normalized spacial score (nSPS) is 27.3. The first-order chi connectivity index (χ1) is 8.28. The molecule has 2 rings (SSSR count). The highest BCUT2D eigenvalue weighted by atomic mass is 16.6. The highest BCUT2D eigenvalue weighted by Gasteiger charge is 2.43. The van der Waals surface area contributed by atoms with Gasteiger partial charge in [0.25, 0.3) is 0 Å². The van der Waals surface area contributed by atoms with Crippen molar-refractivity contribution in [2.75, 3.05) is 13.1 Å². The lowest BCUT2D eigenvalue weighted by molar-refractivity contribution is -0.134. The van der Waals surface area contributed by atoms with Crippen molar-refractivity contribution < 1.29 is 14.3 Å². The summed E-state index contributed by atoms with van der Waals surface area (Å²) in [4.78, 5) is 27.2. The van der Waals surface area contributed by atoms with E-state index in [1.54, 1.807) is 11.8 Å². The van der Waals surface area contributed by atoms with Gasteiger partial charge >= 0.3 is 6.09 Å². The third kappa shape index (κ3) is 2.60. The monoisotopic (exact) mass is 254 g/mol. The van der Waals surface area contributed by atoms with Gasteiger partial charge in [-0.05, 0) is 33.6 Å². The van der Waals surface area contributed by atoms with Crippen LogP contribution in [0.15, 0.2) is 0 Å². The number of hydrogen-bond donors (Lipinski definition) is 0. The fourth-order valence-electron chi connectivity index (χ4n) is 2.89. The van der Waals surface area contributed by atoms with Crippen LogP contribution in [0.25, 0.3) is 0 Å². The van der Waals surface area contributed by atoms with Gasteiger partial charge in [-0.25, -0.2) is 4.79 Å². The quantitative estimate of drug-likeness (QED) is 0.660. The largest absolute Gasteiger partial charge is 0.444 e. The zero-order chi connectivity index (χ0) is 13.5. The molecule has 2 aliphatic rings. The van der Waals surface area contributed by atoms with Crippen LogP contribution in [0.5, 0.6) is 0 Å². The molecular weight excluding hydrogens is 232 g/mol. The summed E-state index contributed by atoms with van der Waals surface area (Å²) < 4.78 is 5.38. The molecule has 2 fully saturated rings. The summed E-state index contributed by atoms with van der Waals surface area (Å²) in [6.07, 6.45) is 1.72. The van der Waals surface area contributed by atoms with E-state index >= 15 is 0 Å². The van der Waals surface area contributed by atoms with Gasteiger partial charge in [0, 0.05) is 32.1 Å². The van der Waals surface area contributed by atoms with Crippen LogP contribution in [0, 0.1) is 0 Å². The first kappa shape index (κ1) is 13.2. The molecule has 2 saturated heterocycles. The number of fused-ring (bicyclic) bond motifs is 2. The Labute approximate surface area is 108 Å². The van der Waals surface area contributed by atoms with Crippen molar-refractivity contribution in [2.24, 2.45) is 0 Å². The van der Waals surface area contributed by atoms with E-state index in [1.165, 1.54) is 0 Å². The summed E-state index contributed by atoms with van der Waals surface area (Å²) >= 11 is 0. The molecule has 2 bridgehead atoms. The molecule has 5 heteroatoms. The van der Waals surface area contributed by atoms with E-state index in [2.05, 4.69) is 0 Å². The Morgan fingerprint density at radius 1 is 1.11 bits per heavy atom. The van der Waals surface area contributed by atoms with Crippen LogP contribution < -0.4 is 0 Å². The van der Waals surface area contributed by atoms with Crippen LogP contribution in [-0.2, 0) is 9.53 Å². The molecule has 2 unspecified atom stereocenters. The fraction of sp³-hybridized carbons (Fsp3) is 0.846. The number of carbonyl (C=O) groups is 2. The maximum Gasteiger partial charge on any atom is 0.410 e. The first-order valence-corrected chi connectivity index (χ1v) is 6.55. The van der Waals surface area contributed by atoms with Gasteiger partial charge in [0.2, 0.25) is 5.91 Å². The summed E-state index contributed by atoms with van der Waals surface area (Å²) in [6.45, 7) is 8.41. The van der Waals surface area contributed by atoms with Gasteiger partial charge in [-0.15, -0.1) is 0 Å². The summed E-state index contributed by atoms with van der Waals surface area (Å²) in [6, 6.07) is 0.350. The maximum absolute atomic E-state index is 12.0. The second-order valence-electron chi connectivity index (χ2n) is 6.20. The zero-order valence-electron chi connectivity index (χ0n) is 11.6. The molecule has 102 valence electrons. The lowest BCUT2D eigenvalue weighted by Crippen LogP contribution is -2.57. The minimum Gasteiger partial charge on any atom is -0.444 e. The van der Waals surface area contributed by atoms with Crippen LogP contribution in [0.1, 0.15) is 40.5 Å². The van der Waals surface area contributed by atoms with Crippen LogP contribution >= 0.6 is 0 Å². The standard InChI is InChI=1S/C13H22N2O3/c1-9(16)15-10-5-6-11(15)8-14(7-10)12(17)18-13(2,3)4/h10-11H,5-8H2,1-4H3. The molecule has 18 heavy (non-hydrogen) atoms. The number of nitrogens with zero attached hydrogens (tertiary/aromatic N) is 2. The molecule has 2 aliphatic heterocycles. The number of hydrogen-bond acceptors (Lipinski definition) is 3. The molecule has 2 atom stereocenters. The van der Waals surface area contributed by atoms with Gasteiger partial charge in [-0.1, -0.05) is 0 Å². The van der Waals surface area contributed by atoms with E-state index in [-0.39, 0.29) is 24.1 Å². The van der Waals surface area contributed by atoms with Crippen molar-refractivity contribution in [3.63, 3.8) is 0 Å².